The number of aromatic amines is 6. The Hall–Kier alpha value is -7.76. The highest BCUT2D eigenvalue weighted by Gasteiger charge is 2.34. The molecule has 0 aliphatic carbocycles. The van der Waals surface area contributed by atoms with E-state index in [2.05, 4.69) is 91.7 Å². The Balaban J connectivity index is 1.21. The van der Waals surface area contributed by atoms with Gasteiger partial charge in [-0.25, -0.2) is 29.9 Å². The van der Waals surface area contributed by atoms with Gasteiger partial charge >= 0.3 is 0 Å². The van der Waals surface area contributed by atoms with E-state index >= 15 is 0 Å². The molecule has 3 unspecified atom stereocenters. The van der Waals surface area contributed by atoms with E-state index in [0.29, 0.717) is 47.0 Å². The summed E-state index contributed by atoms with van der Waals surface area (Å²) in [5.41, 5.74) is 3.31. The fraction of sp³-hybridized carbons (Fsp3) is 0.368. The number of H-pyrrole nitrogens is 6. The molecule has 6 heterocycles. The first-order valence-corrected chi connectivity index (χ1v) is 19.7. The second kappa shape index (κ2) is 22.0. The summed E-state index contributed by atoms with van der Waals surface area (Å²) in [5.74, 6) is -3.37. The van der Waals surface area contributed by atoms with E-state index in [1.165, 1.54) is 68.9 Å². The number of hydrogen-bond donors (Lipinski definition) is 12. The van der Waals surface area contributed by atoms with Crippen molar-refractivity contribution in [3.05, 3.63) is 109 Å². The molecule has 0 aromatic carbocycles. The topological polar surface area (TPSA) is 347 Å². The van der Waals surface area contributed by atoms with Gasteiger partial charge in [0.1, 0.15) is 30.5 Å². The number of carbonyl (C=O) groups is 6. The lowest BCUT2D eigenvalue weighted by molar-refractivity contribution is -0.135. The van der Waals surface area contributed by atoms with Crippen molar-refractivity contribution in [3.8, 4) is 0 Å². The second-order valence-corrected chi connectivity index (χ2v) is 14.3. The van der Waals surface area contributed by atoms with Crippen LogP contribution in [0.15, 0.2) is 75.1 Å². The zero-order valence-corrected chi connectivity index (χ0v) is 33.6. The lowest BCUT2D eigenvalue weighted by Crippen LogP contribution is -2.60. The third-order valence-corrected chi connectivity index (χ3v) is 9.68. The minimum Gasteiger partial charge on any atom is -0.348 e. The first-order chi connectivity index (χ1) is 30.2. The number of imidazole rings is 6. The molecular weight excluding hydrogens is 805 g/mol. The summed E-state index contributed by atoms with van der Waals surface area (Å²) >= 11 is 0. The van der Waals surface area contributed by atoms with Gasteiger partial charge < -0.3 is 66.6 Å². The molecule has 24 heteroatoms. The van der Waals surface area contributed by atoms with E-state index in [1.54, 1.807) is 6.20 Å². The summed E-state index contributed by atoms with van der Waals surface area (Å²) < 4.78 is 0. The van der Waals surface area contributed by atoms with Gasteiger partial charge in [0.2, 0.25) is 29.5 Å². The Labute approximate surface area is 353 Å². The zero-order valence-electron chi connectivity index (χ0n) is 33.6. The molecule has 0 radical (unpaired) electrons. The maximum absolute atomic E-state index is 14.4. The molecule has 0 fully saturated rings. The average Bonchev–Trinajstić information content (AvgIpc) is 4.12. The number of aromatic nitrogens is 12. The van der Waals surface area contributed by atoms with Crippen molar-refractivity contribution in [2.24, 2.45) is 0 Å². The largest absolute Gasteiger partial charge is 0.348 e. The fourth-order valence-corrected chi connectivity index (χ4v) is 6.56. The van der Waals surface area contributed by atoms with Gasteiger partial charge in [-0.1, -0.05) is 6.92 Å². The molecule has 12 N–H and O–H groups in total. The third-order valence-electron chi connectivity index (χ3n) is 9.68. The summed E-state index contributed by atoms with van der Waals surface area (Å²) in [6.45, 7) is 2.31. The monoisotopic (exact) mass is 852 g/mol. The van der Waals surface area contributed by atoms with Gasteiger partial charge in [0.15, 0.2) is 0 Å². The summed E-state index contributed by atoms with van der Waals surface area (Å²) in [5, 5.41) is 16.9. The molecule has 6 atom stereocenters. The highest BCUT2D eigenvalue weighted by molar-refractivity contribution is 5.96. The van der Waals surface area contributed by atoms with Crippen LogP contribution in [-0.2, 0) is 67.3 Å². The van der Waals surface area contributed by atoms with Crippen molar-refractivity contribution in [2.75, 3.05) is 6.54 Å². The maximum Gasteiger partial charge on any atom is 0.243 e. The minimum atomic E-state index is -1.32. The van der Waals surface area contributed by atoms with Crippen LogP contribution in [0.1, 0.15) is 41.1 Å². The van der Waals surface area contributed by atoms with E-state index < -0.39 is 65.8 Å². The average molecular weight is 853 g/mol. The van der Waals surface area contributed by atoms with Crippen molar-refractivity contribution >= 4 is 35.8 Å². The highest BCUT2D eigenvalue weighted by atomic mass is 16.2. The Morgan fingerprint density at radius 2 is 0.694 bits per heavy atom. The summed E-state index contributed by atoms with van der Waals surface area (Å²) in [6, 6.07) is -6.74. The van der Waals surface area contributed by atoms with Crippen molar-refractivity contribution in [2.45, 2.75) is 81.7 Å². The van der Waals surface area contributed by atoms with E-state index in [9.17, 15) is 28.8 Å². The van der Waals surface area contributed by atoms with Crippen LogP contribution in [-0.4, -0.2) is 138 Å². The predicted octanol–water partition coefficient (Wildman–Crippen LogP) is -2.62. The summed E-state index contributed by atoms with van der Waals surface area (Å²) in [7, 11) is 0. The standard InChI is InChI=1S/C38H48N18O6/c1-2-45-29(4-23-10-40-17-47-23)34(58)53-31(6-25-12-42-19-49-25)36(60)55-33(8-27-14-44-21-51-27)38(62)56-32(7-26-13-43-20-50-26)37(61)54-30(5-24-11-41-18-48-24)35(59)52-28(15-57)3-22-9-39-16-46-22/h9-21,28-33,45H,2-8H2,1H3,(H,39,46)(H,40,47)(H,41,48)(H,42,49)(H,43,50)(H,44,51)(H,52,59)(H,53,58)(H,54,61)(H,55,60)(H,56,62)/t28-,29?,30?,31-,32-,33?/m0/s1. The lowest BCUT2D eigenvalue weighted by Gasteiger charge is -2.27. The van der Waals surface area contributed by atoms with Gasteiger partial charge in [-0.15, -0.1) is 0 Å². The number of hydrogen-bond acceptors (Lipinski definition) is 13. The first-order valence-electron chi connectivity index (χ1n) is 19.7. The number of carbonyl (C=O) groups excluding carboxylic acids is 6. The van der Waals surface area contributed by atoms with Gasteiger partial charge in [0.25, 0.3) is 0 Å². The van der Waals surface area contributed by atoms with Crippen LogP contribution in [0.2, 0.25) is 0 Å². The van der Waals surface area contributed by atoms with Gasteiger partial charge in [0.05, 0.1) is 50.0 Å². The lowest BCUT2D eigenvalue weighted by atomic mass is 10.0. The number of aldehydes is 1. The Bertz CT molecular complexity index is 2260. The van der Waals surface area contributed by atoms with Crippen molar-refractivity contribution < 1.29 is 28.8 Å². The van der Waals surface area contributed by atoms with Gasteiger partial charge in [-0.05, 0) is 6.54 Å². The quantitative estimate of drug-likeness (QED) is 0.0263. The number of rotatable bonds is 25. The summed E-state index contributed by atoms with van der Waals surface area (Å²) in [4.78, 5) is 124. The molecule has 0 saturated heterocycles. The Kier molecular flexibility index (Phi) is 15.6. The van der Waals surface area contributed by atoms with Crippen LogP contribution in [0.25, 0.3) is 0 Å². The Morgan fingerprint density at radius 3 is 0.952 bits per heavy atom. The van der Waals surface area contributed by atoms with Crippen LogP contribution < -0.4 is 31.9 Å². The zero-order chi connectivity index (χ0) is 43.7. The molecule has 0 aliphatic heterocycles. The molecule has 0 aliphatic rings. The normalized spacial score (nSPS) is 14.1. The predicted molar refractivity (Wildman–Crippen MR) is 217 cm³/mol. The highest BCUT2D eigenvalue weighted by Crippen LogP contribution is 2.09. The van der Waals surface area contributed by atoms with Crippen molar-refractivity contribution in [1.29, 1.82) is 0 Å². The third kappa shape index (κ3) is 12.9. The van der Waals surface area contributed by atoms with Crippen LogP contribution in [0, 0.1) is 0 Å². The number of nitrogens with zero attached hydrogens (tertiary/aromatic N) is 6. The van der Waals surface area contributed by atoms with E-state index in [-0.39, 0.29) is 38.5 Å². The minimum absolute atomic E-state index is 0.00361. The molecule has 0 saturated carbocycles. The van der Waals surface area contributed by atoms with Crippen LogP contribution in [0.5, 0.6) is 0 Å². The van der Waals surface area contributed by atoms with E-state index in [0.717, 1.165) is 0 Å². The number of amides is 5. The van der Waals surface area contributed by atoms with E-state index in [4.69, 9.17) is 0 Å². The molecule has 6 rings (SSSR count). The smallest absolute Gasteiger partial charge is 0.243 e. The molecule has 0 bridgehead atoms. The van der Waals surface area contributed by atoms with Crippen molar-refractivity contribution in [1.82, 2.24) is 91.7 Å². The van der Waals surface area contributed by atoms with Gasteiger partial charge in [0, 0.05) is 110 Å². The molecule has 24 nitrogen and oxygen atoms in total. The molecule has 0 spiro atoms. The Morgan fingerprint density at radius 1 is 0.435 bits per heavy atom. The second-order valence-electron chi connectivity index (χ2n) is 14.3. The molecule has 6 aromatic heterocycles. The fourth-order valence-electron chi connectivity index (χ4n) is 6.56. The van der Waals surface area contributed by atoms with Crippen LogP contribution in [0.3, 0.4) is 0 Å². The van der Waals surface area contributed by atoms with Crippen molar-refractivity contribution in [3.63, 3.8) is 0 Å². The molecule has 5 amide bonds. The van der Waals surface area contributed by atoms with Gasteiger partial charge in [-0.2, -0.15) is 0 Å². The van der Waals surface area contributed by atoms with Gasteiger partial charge in [-0.3, -0.25) is 24.0 Å². The number of nitrogens with one attached hydrogen (secondary N) is 12. The van der Waals surface area contributed by atoms with Crippen LogP contribution >= 0.6 is 0 Å². The molecular formula is C38H48N18O6. The first kappa shape index (κ1) is 43.8. The molecule has 6 aromatic rings. The van der Waals surface area contributed by atoms with E-state index in [1.807, 2.05) is 6.92 Å². The summed E-state index contributed by atoms with van der Waals surface area (Å²) in [6.07, 6.45) is 18.5. The van der Waals surface area contributed by atoms with Crippen LogP contribution in [0.4, 0.5) is 0 Å². The maximum atomic E-state index is 14.4. The number of likely N-dealkylation sites (N-methyl/N-ethyl adjacent to an activating group) is 1. The molecule has 326 valence electrons. The molecule has 62 heavy (non-hydrogen) atoms. The SMILES string of the molecule is CCNC(Cc1cnc[nH]1)C(=O)N[C@@H](Cc1cnc[nH]1)C(=O)NC(Cc1cnc[nH]1)C(=O)N[C@@H](Cc1cnc[nH]1)C(=O)NC(Cc1cnc[nH]1)C(=O)N[C@H](C=O)Cc1cnc[nH]1.